The Hall–Kier alpha value is -2.55. The van der Waals surface area contributed by atoms with Crippen LogP contribution in [0, 0.1) is 10.1 Å². The van der Waals surface area contributed by atoms with Crippen molar-refractivity contribution in [3.05, 3.63) is 55.9 Å². The summed E-state index contributed by atoms with van der Waals surface area (Å²) < 4.78 is 5.30. The number of aromatic nitrogens is 2. The lowest BCUT2D eigenvalue weighted by atomic mass is 10.1. The summed E-state index contributed by atoms with van der Waals surface area (Å²) in [4.78, 5) is 30.7. The molecule has 0 unspecified atom stereocenters. The van der Waals surface area contributed by atoms with Gasteiger partial charge >= 0.3 is 5.97 Å². The Morgan fingerprint density at radius 2 is 2.24 bits per heavy atom. The summed E-state index contributed by atoms with van der Waals surface area (Å²) in [5.74, 6) is 0.407. The molecule has 9 heteroatoms. The molecule has 0 aliphatic heterocycles. The van der Waals surface area contributed by atoms with E-state index < -0.39 is 4.92 Å². The maximum atomic E-state index is 11.8. The molecule has 0 saturated heterocycles. The molecule has 1 aliphatic rings. The van der Waals surface area contributed by atoms with Crippen molar-refractivity contribution in [2.45, 2.75) is 25.3 Å². The van der Waals surface area contributed by atoms with Gasteiger partial charge in [0.25, 0.3) is 5.69 Å². The Balaban J connectivity index is 1.76. The number of esters is 1. The number of nitrogens with one attached hydrogen (secondary N) is 1. The minimum atomic E-state index is -0.503. The van der Waals surface area contributed by atoms with Crippen LogP contribution in [0.2, 0.25) is 0 Å². The van der Waals surface area contributed by atoms with Gasteiger partial charge in [-0.1, -0.05) is 0 Å². The van der Waals surface area contributed by atoms with Gasteiger partial charge in [0.2, 0.25) is 0 Å². The second-order valence-corrected chi connectivity index (χ2v) is 6.49. The van der Waals surface area contributed by atoms with Gasteiger partial charge in [-0.05, 0) is 40.9 Å². The van der Waals surface area contributed by atoms with Crippen molar-refractivity contribution in [3.63, 3.8) is 0 Å². The van der Waals surface area contributed by atoms with E-state index in [0.717, 1.165) is 24.2 Å². The normalized spacial score (nSPS) is 13.4. The van der Waals surface area contributed by atoms with Crippen molar-refractivity contribution in [1.29, 1.82) is 0 Å². The third-order valence-corrected chi connectivity index (χ3v) is 4.43. The number of ether oxygens (including phenoxy) is 1. The number of rotatable bonds is 6. The molecular weight excluding hydrogens is 392 g/mol. The van der Waals surface area contributed by atoms with E-state index in [9.17, 15) is 14.9 Å². The van der Waals surface area contributed by atoms with Crippen LogP contribution in [-0.2, 0) is 11.3 Å². The number of carbonyl (C=O) groups excluding carboxylic acids is 1. The minimum absolute atomic E-state index is 0.0889. The summed E-state index contributed by atoms with van der Waals surface area (Å²) >= 11 is 3.27. The number of pyridine rings is 2. The fourth-order valence-electron chi connectivity index (χ4n) is 2.40. The number of carbonyl (C=O) groups is 1. The quantitative estimate of drug-likeness (QED) is 0.444. The Morgan fingerprint density at radius 1 is 1.48 bits per heavy atom. The fraction of sp³-hybridized carbons (Fsp3) is 0.312. The Morgan fingerprint density at radius 3 is 2.84 bits per heavy atom. The Labute approximate surface area is 151 Å². The summed E-state index contributed by atoms with van der Waals surface area (Å²) in [7, 11) is 1.35. The van der Waals surface area contributed by atoms with Crippen molar-refractivity contribution in [2.24, 2.45) is 0 Å². The standard InChI is InChI=1S/C16H15BrN4O4/c1-25-16(22)12-5-4-10(20-14(12)9-2-3-9)7-18-15-13(17)6-11(8-19-15)21(23)24/h4-6,8-9H,2-3,7H2,1H3,(H,18,19). The molecule has 1 N–H and O–H groups in total. The highest BCUT2D eigenvalue weighted by molar-refractivity contribution is 9.10. The summed E-state index contributed by atoms with van der Waals surface area (Å²) in [5, 5.41) is 13.8. The van der Waals surface area contributed by atoms with Gasteiger partial charge in [-0.2, -0.15) is 0 Å². The second-order valence-electron chi connectivity index (χ2n) is 5.64. The van der Waals surface area contributed by atoms with Crippen LogP contribution in [0.15, 0.2) is 28.9 Å². The number of hydrogen-bond acceptors (Lipinski definition) is 7. The lowest BCUT2D eigenvalue weighted by Crippen LogP contribution is -2.10. The molecule has 2 heterocycles. The van der Waals surface area contributed by atoms with Crippen molar-refractivity contribution >= 4 is 33.4 Å². The van der Waals surface area contributed by atoms with E-state index in [1.165, 1.54) is 19.4 Å². The Kier molecular flexibility index (Phi) is 4.93. The first-order valence-electron chi connectivity index (χ1n) is 7.61. The average Bonchev–Trinajstić information content (AvgIpc) is 3.44. The number of anilines is 1. The van der Waals surface area contributed by atoms with Gasteiger partial charge in [-0.3, -0.25) is 15.1 Å². The molecule has 0 aromatic carbocycles. The first-order valence-corrected chi connectivity index (χ1v) is 8.41. The van der Waals surface area contributed by atoms with E-state index in [-0.39, 0.29) is 11.7 Å². The van der Waals surface area contributed by atoms with Gasteiger partial charge in [0.15, 0.2) is 0 Å². The first-order chi connectivity index (χ1) is 12.0. The molecule has 0 bridgehead atoms. The van der Waals surface area contributed by atoms with Crippen LogP contribution in [0.5, 0.6) is 0 Å². The molecule has 2 aromatic heterocycles. The molecule has 2 aromatic rings. The van der Waals surface area contributed by atoms with Crippen LogP contribution in [0.25, 0.3) is 0 Å². The lowest BCUT2D eigenvalue weighted by Gasteiger charge is -2.10. The number of methoxy groups -OCH3 is 1. The van der Waals surface area contributed by atoms with E-state index in [2.05, 4.69) is 31.2 Å². The summed E-state index contributed by atoms with van der Waals surface area (Å²) in [6, 6.07) is 4.87. The molecule has 130 valence electrons. The Bertz CT molecular complexity index is 839. The fourth-order valence-corrected chi connectivity index (χ4v) is 2.88. The van der Waals surface area contributed by atoms with Crippen LogP contribution in [-0.4, -0.2) is 28.0 Å². The third-order valence-electron chi connectivity index (χ3n) is 3.83. The van der Waals surface area contributed by atoms with Crippen molar-refractivity contribution < 1.29 is 14.5 Å². The topological polar surface area (TPSA) is 107 Å². The van der Waals surface area contributed by atoms with Crippen molar-refractivity contribution in [3.8, 4) is 0 Å². The molecular formula is C16H15BrN4O4. The van der Waals surface area contributed by atoms with E-state index in [1.54, 1.807) is 12.1 Å². The predicted octanol–water partition coefficient (Wildman–Crippen LogP) is 3.42. The zero-order valence-corrected chi connectivity index (χ0v) is 14.9. The molecule has 8 nitrogen and oxygen atoms in total. The molecule has 25 heavy (non-hydrogen) atoms. The van der Waals surface area contributed by atoms with E-state index in [4.69, 9.17) is 4.74 Å². The van der Waals surface area contributed by atoms with Crippen LogP contribution in [0.3, 0.4) is 0 Å². The minimum Gasteiger partial charge on any atom is -0.465 e. The zero-order chi connectivity index (χ0) is 18.0. The molecule has 3 rings (SSSR count). The molecule has 0 radical (unpaired) electrons. The van der Waals surface area contributed by atoms with Crippen LogP contribution >= 0.6 is 15.9 Å². The van der Waals surface area contributed by atoms with Gasteiger partial charge in [-0.25, -0.2) is 9.78 Å². The van der Waals surface area contributed by atoms with Gasteiger partial charge in [0, 0.05) is 12.0 Å². The van der Waals surface area contributed by atoms with Crippen molar-refractivity contribution in [1.82, 2.24) is 9.97 Å². The van der Waals surface area contributed by atoms with Gasteiger partial charge in [0.05, 0.1) is 40.0 Å². The number of hydrogen-bond donors (Lipinski definition) is 1. The second kappa shape index (κ2) is 7.14. The van der Waals surface area contributed by atoms with Gasteiger partial charge < -0.3 is 10.1 Å². The summed E-state index contributed by atoms with van der Waals surface area (Å²) in [6.45, 7) is 0.380. The lowest BCUT2D eigenvalue weighted by molar-refractivity contribution is -0.385. The maximum absolute atomic E-state index is 11.8. The van der Waals surface area contributed by atoms with Crippen LogP contribution in [0.4, 0.5) is 11.5 Å². The maximum Gasteiger partial charge on any atom is 0.339 e. The smallest absolute Gasteiger partial charge is 0.339 e. The molecule has 0 spiro atoms. The van der Waals surface area contributed by atoms with E-state index in [1.807, 2.05) is 0 Å². The zero-order valence-electron chi connectivity index (χ0n) is 13.4. The number of nitro groups is 1. The molecule has 0 amide bonds. The summed E-state index contributed by atoms with van der Waals surface area (Å²) in [6.07, 6.45) is 3.23. The first kappa shape index (κ1) is 17.3. The largest absolute Gasteiger partial charge is 0.465 e. The van der Waals surface area contributed by atoms with Crippen LogP contribution in [0.1, 0.15) is 40.5 Å². The highest BCUT2D eigenvalue weighted by Gasteiger charge is 2.30. The number of halogens is 1. The highest BCUT2D eigenvalue weighted by Crippen LogP contribution is 2.40. The monoisotopic (exact) mass is 406 g/mol. The summed E-state index contributed by atoms with van der Waals surface area (Å²) in [5.41, 5.74) is 1.93. The third kappa shape index (κ3) is 3.93. The van der Waals surface area contributed by atoms with Gasteiger partial charge in [0.1, 0.15) is 12.0 Å². The molecule has 1 saturated carbocycles. The SMILES string of the molecule is COC(=O)c1ccc(CNc2ncc([N+](=O)[O-])cc2Br)nc1C1CC1. The molecule has 1 fully saturated rings. The molecule has 0 atom stereocenters. The van der Waals surface area contributed by atoms with E-state index in [0.29, 0.717) is 28.3 Å². The van der Waals surface area contributed by atoms with Gasteiger partial charge in [-0.15, -0.1) is 0 Å². The molecule has 1 aliphatic carbocycles. The number of nitrogens with zero attached hydrogens (tertiary/aromatic N) is 3. The van der Waals surface area contributed by atoms with E-state index >= 15 is 0 Å². The average molecular weight is 407 g/mol. The van der Waals surface area contributed by atoms with Crippen LogP contribution < -0.4 is 5.32 Å². The highest BCUT2D eigenvalue weighted by atomic mass is 79.9. The predicted molar refractivity (Wildman–Crippen MR) is 93.5 cm³/mol. The van der Waals surface area contributed by atoms with Crippen molar-refractivity contribution in [2.75, 3.05) is 12.4 Å².